The summed E-state index contributed by atoms with van der Waals surface area (Å²) in [5.74, 6) is 0.869. The van der Waals surface area contributed by atoms with E-state index in [1.165, 1.54) is 0 Å². The average molecular weight is 239 g/mol. The molecule has 0 radical (unpaired) electrons. The van der Waals surface area contributed by atoms with Gasteiger partial charge in [0.05, 0.1) is 0 Å². The van der Waals surface area contributed by atoms with Gasteiger partial charge in [0.15, 0.2) is 5.78 Å². The third kappa shape index (κ3) is 3.64. The second kappa shape index (κ2) is 6.05. The van der Waals surface area contributed by atoms with Crippen LogP contribution in [0, 0.1) is 12.8 Å². The van der Waals surface area contributed by atoms with Gasteiger partial charge >= 0.3 is 0 Å². The lowest BCUT2D eigenvalue weighted by atomic mass is 9.98. The third-order valence-corrected chi connectivity index (χ3v) is 3.16. The van der Waals surface area contributed by atoms with Gasteiger partial charge in [0, 0.05) is 17.0 Å². The molecule has 0 unspecified atom stereocenters. The summed E-state index contributed by atoms with van der Waals surface area (Å²) in [6, 6.07) is 5.52. The van der Waals surface area contributed by atoms with Crippen LogP contribution in [0.4, 0.5) is 0 Å². The Morgan fingerprint density at radius 1 is 1.38 bits per heavy atom. The van der Waals surface area contributed by atoms with Crippen LogP contribution in [0.2, 0.25) is 5.02 Å². The predicted octanol–water partition coefficient (Wildman–Crippen LogP) is 4.66. The van der Waals surface area contributed by atoms with E-state index in [2.05, 4.69) is 13.8 Å². The Labute approximate surface area is 103 Å². The zero-order valence-corrected chi connectivity index (χ0v) is 11.0. The predicted molar refractivity (Wildman–Crippen MR) is 69.2 cm³/mol. The summed E-state index contributed by atoms with van der Waals surface area (Å²) >= 11 is 5.99. The van der Waals surface area contributed by atoms with Crippen molar-refractivity contribution >= 4 is 17.4 Å². The molecule has 1 aromatic carbocycles. The molecule has 0 amide bonds. The van der Waals surface area contributed by atoms with E-state index in [0.717, 1.165) is 24.0 Å². The van der Waals surface area contributed by atoms with E-state index in [4.69, 9.17) is 11.6 Å². The van der Waals surface area contributed by atoms with Crippen LogP contribution in [0.15, 0.2) is 18.2 Å². The highest BCUT2D eigenvalue weighted by Gasteiger charge is 2.10. The molecule has 88 valence electrons. The molecule has 0 aliphatic carbocycles. The zero-order valence-electron chi connectivity index (χ0n) is 10.2. The number of carbonyl (C=O) groups excluding carboxylic acids is 1. The lowest BCUT2D eigenvalue weighted by Gasteiger charge is -2.07. The van der Waals surface area contributed by atoms with Gasteiger partial charge < -0.3 is 0 Å². The number of rotatable bonds is 5. The number of halogens is 1. The van der Waals surface area contributed by atoms with Crippen molar-refractivity contribution in [2.45, 2.75) is 40.0 Å². The number of Topliss-reactive ketones (excluding diaryl/α,β-unsaturated/α-hetero) is 1. The Morgan fingerprint density at radius 3 is 2.69 bits per heavy atom. The van der Waals surface area contributed by atoms with Gasteiger partial charge in [-0.3, -0.25) is 4.79 Å². The van der Waals surface area contributed by atoms with Crippen LogP contribution in [0.1, 0.15) is 49.0 Å². The van der Waals surface area contributed by atoms with Gasteiger partial charge in [0.2, 0.25) is 0 Å². The molecule has 0 saturated carbocycles. The number of carbonyl (C=O) groups is 1. The van der Waals surface area contributed by atoms with E-state index in [0.29, 0.717) is 17.4 Å². The maximum atomic E-state index is 11.9. The summed E-state index contributed by atoms with van der Waals surface area (Å²) in [6.07, 6.45) is 2.69. The first-order chi connectivity index (χ1) is 7.52. The lowest BCUT2D eigenvalue weighted by Crippen LogP contribution is -2.02. The van der Waals surface area contributed by atoms with Gasteiger partial charge in [0.1, 0.15) is 0 Å². The lowest BCUT2D eigenvalue weighted by molar-refractivity contribution is 0.0977. The Balaban J connectivity index is 2.63. The molecule has 0 atom stereocenters. The molecule has 0 saturated heterocycles. The molecular weight excluding hydrogens is 220 g/mol. The molecule has 1 aromatic rings. The molecule has 0 fully saturated rings. The Kier molecular flexibility index (Phi) is 5.01. The van der Waals surface area contributed by atoms with Gasteiger partial charge in [-0.2, -0.15) is 0 Å². The number of hydrogen-bond acceptors (Lipinski definition) is 1. The molecule has 16 heavy (non-hydrogen) atoms. The highest BCUT2D eigenvalue weighted by atomic mass is 35.5. The van der Waals surface area contributed by atoms with Gasteiger partial charge in [-0.25, -0.2) is 0 Å². The fourth-order valence-corrected chi connectivity index (χ4v) is 1.89. The third-order valence-electron chi connectivity index (χ3n) is 2.75. The fraction of sp³-hybridized carbons (Fsp3) is 0.500. The quantitative estimate of drug-likeness (QED) is 0.682. The zero-order chi connectivity index (χ0) is 12.1. The molecule has 1 rings (SSSR count). The first kappa shape index (κ1) is 13.2. The Hall–Kier alpha value is -0.820. The van der Waals surface area contributed by atoms with E-state index in [1.807, 2.05) is 25.1 Å². The van der Waals surface area contributed by atoms with Gasteiger partial charge in [-0.15, -0.1) is 0 Å². The van der Waals surface area contributed by atoms with Crippen molar-refractivity contribution in [1.82, 2.24) is 0 Å². The van der Waals surface area contributed by atoms with Crippen LogP contribution >= 0.6 is 11.6 Å². The van der Waals surface area contributed by atoms with E-state index in [-0.39, 0.29) is 5.78 Å². The first-order valence-corrected chi connectivity index (χ1v) is 6.18. The summed E-state index contributed by atoms with van der Waals surface area (Å²) in [4.78, 5) is 11.9. The minimum Gasteiger partial charge on any atom is -0.294 e. The maximum Gasteiger partial charge on any atom is 0.163 e. The summed E-state index contributed by atoms with van der Waals surface area (Å²) in [7, 11) is 0. The number of hydrogen-bond donors (Lipinski definition) is 0. The van der Waals surface area contributed by atoms with E-state index >= 15 is 0 Å². The minimum atomic E-state index is 0.209. The topological polar surface area (TPSA) is 17.1 Å². The fourth-order valence-electron chi connectivity index (χ4n) is 1.72. The van der Waals surface area contributed by atoms with Crippen molar-refractivity contribution < 1.29 is 4.79 Å². The second-order valence-corrected chi connectivity index (χ2v) is 5.03. The summed E-state index contributed by atoms with van der Waals surface area (Å²) in [5, 5.41) is 0.676. The standard InChI is InChI=1S/C14H19ClO/c1-10(2)6-4-9-14(16)12-7-5-8-13(15)11(12)3/h5,7-8,10H,4,6,9H2,1-3H3. The molecule has 0 bridgehead atoms. The highest BCUT2D eigenvalue weighted by Crippen LogP contribution is 2.21. The van der Waals surface area contributed by atoms with Gasteiger partial charge in [-0.05, 0) is 30.9 Å². The average Bonchev–Trinajstić information content (AvgIpc) is 2.21. The van der Waals surface area contributed by atoms with Crippen molar-refractivity contribution in [2.75, 3.05) is 0 Å². The Bertz CT molecular complexity index is 369. The molecule has 0 spiro atoms. The van der Waals surface area contributed by atoms with Crippen molar-refractivity contribution in [3.63, 3.8) is 0 Å². The number of ketones is 1. The number of benzene rings is 1. The van der Waals surface area contributed by atoms with Crippen LogP contribution in [0.25, 0.3) is 0 Å². The van der Waals surface area contributed by atoms with Gasteiger partial charge in [0.25, 0.3) is 0 Å². The van der Waals surface area contributed by atoms with E-state index in [1.54, 1.807) is 0 Å². The summed E-state index contributed by atoms with van der Waals surface area (Å²) in [6.45, 7) is 6.25. The molecule has 1 nitrogen and oxygen atoms in total. The van der Waals surface area contributed by atoms with Crippen molar-refractivity contribution in [3.05, 3.63) is 34.3 Å². The van der Waals surface area contributed by atoms with Crippen LogP contribution in [0.5, 0.6) is 0 Å². The van der Waals surface area contributed by atoms with Crippen LogP contribution in [-0.2, 0) is 0 Å². The molecule has 0 aliphatic heterocycles. The molecule has 0 aliphatic rings. The van der Waals surface area contributed by atoms with Crippen molar-refractivity contribution in [3.8, 4) is 0 Å². The SMILES string of the molecule is Cc1c(Cl)cccc1C(=O)CCCC(C)C. The van der Waals surface area contributed by atoms with Gasteiger partial charge in [-0.1, -0.05) is 44.0 Å². The molecule has 0 N–H and O–H groups in total. The first-order valence-electron chi connectivity index (χ1n) is 5.80. The monoisotopic (exact) mass is 238 g/mol. The minimum absolute atomic E-state index is 0.209. The molecule has 2 heteroatoms. The van der Waals surface area contributed by atoms with E-state index < -0.39 is 0 Å². The van der Waals surface area contributed by atoms with Crippen molar-refractivity contribution in [2.24, 2.45) is 5.92 Å². The van der Waals surface area contributed by atoms with E-state index in [9.17, 15) is 4.79 Å². The highest BCUT2D eigenvalue weighted by molar-refractivity contribution is 6.31. The van der Waals surface area contributed by atoms with Crippen LogP contribution in [0.3, 0.4) is 0 Å². The smallest absolute Gasteiger partial charge is 0.163 e. The summed E-state index contributed by atoms with van der Waals surface area (Å²) < 4.78 is 0. The normalized spacial score (nSPS) is 10.8. The molecular formula is C14H19ClO. The van der Waals surface area contributed by atoms with Crippen LogP contribution < -0.4 is 0 Å². The second-order valence-electron chi connectivity index (χ2n) is 4.62. The summed E-state index contributed by atoms with van der Waals surface area (Å²) in [5.41, 5.74) is 1.68. The molecule has 0 heterocycles. The Morgan fingerprint density at radius 2 is 2.06 bits per heavy atom. The largest absolute Gasteiger partial charge is 0.294 e. The maximum absolute atomic E-state index is 11.9. The van der Waals surface area contributed by atoms with Crippen molar-refractivity contribution in [1.29, 1.82) is 0 Å². The van der Waals surface area contributed by atoms with Crippen LogP contribution in [-0.4, -0.2) is 5.78 Å². The molecule has 0 aromatic heterocycles.